The Morgan fingerprint density at radius 3 is 2.36 bits per heavy atom. The van der Waals surface area contributed by atoms with Crippen molar-refractivity contribution in [2.75, 3.05) is 7.11 Å². The molecular weight excluding hydrogens is 440 g/mol. The highest BCUT2D eigenvalue weighted by atomic mass is 16.7. The molecule has 11 heteroatoms. The predicted molar refractivity (Wildman–Crippen MR) is 111 cm³/mol. The number of rotatable bonds is 5. The van der Waals surface area contributed by atoms with Gasteiger partial charge in [0.25, 0.3) is 0 Å². The van der Waals surface area contributed by atoms with Crippen LogP contribution < -0.4 is 14.9 Å². The van der Waals surface area contributed by atoms with Crippen molar-refractivity contribution in [2.24, 2.45) is 0 Å². The Kier molecular flexibility index (Phi) is 5.95. The van der Waals surface area contributed by atoms with Gasteiger partial charge in [-0.2, -0.15) is 0 Å². The van der Waals surface area contributed by atoms with Gasteiger partial charge in [-0.05, 0) is 0 Å². The van der Waals surface area contributed by atoms with Crippen molar-refractivity contribution in [1.82, 2.24) is 0 Å². The minimum absolute atomic E-state index is 0.152. The zero-order valence-electron chi connectivity index (χ0n) is 17.1. The molecule has 1 fully saturated rings. The SMILES string of the molecule is COc1c(O[C@@H]2O[C@@H](C(=O)O)[C@H](O)[C@@H](O)[C@@H]2O)cc(O)c2c(=O)cc(-c3ccccc3)oc12. The van der Waals surface area contributed by atoms with E-state index in [1.54, 1.807) is 30.3 Å². The van der Waals surface area contributed by atoms with Gasteiger partial charge in [0.15, 0.2) is 22.9 Å². The minimum atomic E-state index is -1.91. The summed E-state index contributed by atoms with van der Waals surface area (Å²) < 4.78 is 21.8. The van der Waals surface area contributed by atoms with E-state index in [0.29, 0.717) is 5.56 Å². The van der Waals surface area contributed by atoms with Gasteiger partial charge < -0.3 is 44.2 Å². The molecule has 1 aliphatic rings. The number of hydrogen-bond acceptors (Lipinski definition) is 10. The van der Waals surface area contributed by atoms with Crippen LogP contribution in [0, 0.1) is 0 Å². The zero-order valence-corrected chi connectivity index (χ0v) is 17.1. The van der Waals surface area contributed by atoms with E-state index >= 15 is 0 Å². The molecule has 5 N–H and O–H groups in total. The van der Waals surface area contributed by atoms with E-state index in [2.05, 4.69) is 0 Å². The monoisotopic (exact) mass is 460 g/mol. The van der Waals surface area contributed by atoms with Crippen LogP contribution in [0.25, 0.3) is 22.3 Å². The summed E-state index contributed by atoms with van der Waals surface area (Å²) in [6.45, 7) is 0. The summed E-state index contributed by atoms with van der Waals surface area (Å²) in [5.41, 5.74) is -0.146. The molecule has 0 unspecified atom stereocenters. The molecule has 0 bridgehead atoms. The van der Waals surface area contributed by atoms with Crippen LogP contribution >= 0.6 is 0 Å². The van der Waals surface area contributed by atoms with E-state index in [4.69, 9.17) is 18.6 Å². The van der Waals surface area contributed by atoms with Crippen molar-refractivity contribution in [3.63, 3.8) is 0 Å². The molecule has 0 spiro atoms. The number of ether oxygens (including phenoxy) is 3. The van der Waals surface area contributed by atoms with Crippen LogP contribution in [0.1, 0.15) is 0 Å². The number of hydrogen-bond donors (Lipinski definition) is 5. The van der Waals surface area contributed by atoms with E-state index < -0.39 is 47.9 Å². The molecule has 11 nitrogen and oxygen atoms in total. The van der Waals surface area contributed by atoms with Gasteiger partial charge in [0.1, 0.15) is 35.2 Å². The van der Waals surface area contributed by atoms with Crippen molar-refractivity contribution in [3.05, 3.63) is 52.7 Å². The molecule has 0 aliphatic carbocycles. The molecule has 1 aromatic heterocycles. The molecule has 2 aromatic carbocycles. The fourth-order valence-electron chi connectivity index (χ4n) is 3.57. The molecule has 1 saturated heterocycles. The first kappa shape index (κ1) is 22.6. The van der Waals surface area contributed by atoms with Crippen molar-refractivity contribution in [1.29, 1.82) is 0 Å². The van der Waals surface area contributed by atoms with E-state index in [-0.39, 0.29) is 28.2 Å². The maximum absolute atomic E-state index is 12.7. The second kappa shape index (κ2) is 8.71. The highest BCUT2D eigenvalue weighted by molar-refractivity contribution is 5.91. The van der Waals surface area contributed by atoms with Crippen LogP contribution in [0.3, 0.4) is 0 Å². The lowest BCUT2D eigenvalue weighted by Gasteiger charge is -2.38. The molecule has 0 saturated carbocycles. The third kappa shape index (κ3) is 3.98. The normalized spacial score (nSPS) is 25.0. The first-order valence-electron chi connectivity index (χ1n) is 9.75. The van der Waals surface area contributed by atoms with Crippen molar-refractivity contribution in [3.8, 4) is 28.6 Å². The topological polar surface area (TPSA) is 176 Å². The molecular formula is C22H20O11. The first-order valence-corrected chi connectivity index (χ1v) is 9.75. The summed E-state index contributed by atoms with van der Waals surface area (Å²) in [6.07, 6.45) is -9.31. The fraction of sp³-hybridized carbons (Fsp3) is 0.273. The average Bonchev–Trinajstić information content (AvgIpc) is 2.79. The number of phenols is 1. The highest BCUT2D eigenvalue weighted by Crippen LogP contribution is 2.42. The van der Waals surface area contributed by atoms with E-state index in [9.17, 15) is 35.1 Å². The second-order valence-corrected chi connectivity index (χ2v) is 7.33. The summed E-state index contributed by atoms with van der Waals surface area (Å²) in [6, 6.07) is 10.9. The summed E-state index contributed by atoms with van der Waals surface area (Å²) >= 11 is 0. The van der Waals surface area contributed by atoms with Crippen molar-refractivity contribution in [2.45, 2.75) is 30.7 Å². The molecule has 33 heavy (non-hydrogen) atoms. The number of aliphatic carboxylic acids is 1. The lowest BCUT2D eigenvalue weighted by molar-refractivity contribution is -0.271. The van der Waals surface area contributed by atoms with Gasteiger partial charge in [0, 0.05) is 17.7 Å². The predicted octanol–water partition coefficient (Wildman–Crippen LogP) is 0.445. The molecule has 4 rings (SSSR count). The largest absolute Gasteiger partial charge is 0.507 e. The van der Waals surface area contributed by atoms with Gasteiger partial charge >= 0.3 is 5.97 Å². The van der Waals surface area contributed by atoms with Crippen molar-refractivity contribution < 1.29 is 49.0 Å². The molecule has 174 valence electrons. The van der Waals surface area contributed by atoms with Gasteiger partial charge in [-0.15, -0.1) is 0 Å². The van der Waals surface area contributed by atoms with Crippen LogP contribution in [0.5, 0.6) is 17.2 Å². The Labute approximate surface area is 185 Å². The van der Waals surface area contributed by atoms with Crippen LogP contribution in [0.2, 0.25) is 0 Å². The fourth-order valence-corrected chi connectivity index (χ4v) is 3.57. The summed E-state index contributed by atoms with van der Waals surface area (Å²) in [7, 11) is 1.24. The number of aliphatic hydroxyl groups is 3. The zero-order chi connectivity index (χ0) is 23.9. The number of fused-ring (bicyclic) bond motifs is 1. The van der Waals surface area contributed by atoms with Crippen LogP contribution in [0.15, 0.2) is 51.7 Å². The molecule has 0 radical (unpaired) electrons. The summed E-state index contributed by atoms with van der Waals surface area (Å²) in [4.78, 5) is 24.0. The number of methoxy groups -OCH3 is 1. The molecule has 2 heterocycles. The quantitative estimate of drug-likeness (QED) is 0.357. The average molecular weight is 460 g/mol. The number of carboxylic acid groups (broad SMARTS) is 1. The Bertz CT molecular complexity index is 1240. The number of aliphatic hydroxyl groups excluding tert-OH is 3. The number of aromatic hydroxyl groups is 1. The van der Waals surface area contributed by atoms with E-state index in [0.717, 1.165) is 6.07 Å². The van der Waals surface area contributed by atoms with Gasteiger partial charge in [-0.25, -0.2) is 4.79 Å². The molecule has 5 atom stereocenters. The van der Waals surface area contributed by atoms with E-state index in [1.165, 1.54) is 13.2 Å². The summed E-state index contributed by atoms with van der Waals surface area (Å²) in [5, 5.41) is 49.5. The van der Waals surface area contributed by atoms with Gasteiger partial charge in [0.05, 0.1) is 7.11 Å². The minimum Gasteiger partial charge on any atom is -0.507 e. The molecule has 1 aliphatic heterocycles. The Hall–Kier alpha value is -3.64. The third-order valence-electron chi connectivity index (χ3n) is 5.22. The number of benzene rings is 2. The number of carbonyl (C=O) groups is 1. The van der Waals surface area contributed by atoms with Gasteiger partial charge in [-0.1, -0.05) is 30.3 Å². The summed E-state index contributed by atoms with van der Waals surface area (Å²) in [5.74, 6) is -2.36. The highest BCUT2D eigenvalue weighted by Gasteiger charge is 2.48. The standard InChI is InChI=1S/C22H20O11/c1-30-18-13(32-22-17(27)15(25)16(26)20(33-22)21(28)29)8-11(24)14-10(23)7-12(31-19(14)18)9-5-3-2-4-6-9/h2-8,15-17,20,22,24-27H,1H3,(H,28,29)/t15-,16-,17+,20-,22-/m1/s1. The van der Waals surface area contributed by atoms with E-state index in [1.807, 2.05) is 0 Å². The first-order chi connectivity index (χ1) is 15.7. The number of carboxylic acids is 1. The maximum atomic E-state index is 12.7. The Morgan fingerprint density at radius 1 is 1.03 bits per heavy atom. The lowest BCUT2D eigenvalue weighted by atomic mass is 9.99. The third-order valence-corrected chi connectivity index (χ3v) is 5.22. The second-order valence-electron chi connectivity index (χ2n) is 7.33. The van der Waals surface area contributed by atoms with Gasteiger partial charge in [0.2, 0.25) is 12.0 Å². The smallest absolute Gasteiger partial charge is 0.335 e. The Morgan fingerprint density at radius 2 is 1.73 bits per heavy atom. The Balaban J connectivity index is 1.81. The van der Waals surface area contributed by atoms with Crippen LogP contribution in [-0.4, -0.2) is 69.3 Å². The lowest BCUT2D eigenvalue weighted by Crippen LogP contribution is -2.61. The van der Waals surface area contributed by atoms with Crippen LogP contribution in [-0.2, 0) is 9.53 Å². The van der Waals surface area contributed by atoms with Gasteiger partial charge in [-0.3, -0.25) is 4.79 Å². The van der Waals surface area contributed by atoms with Crippen molar-refractivity contribution >= 4 is 16.9 Å². The maximum Gasteiger partial charge on any atom is 0.335 e. The van der Waals surface area contributed by atoms with Crippen LogP contribution in [0.4, 0.5) is 0 Å². The number of phenolic OH excluding ortho intramolecular Hbond substituents is 1. The molecule has 3 aromatic rings. The molecule has 0 amide bonds.